The summed E-state index contributed by atoms with van der Waals surface area (Å²) in [4.78, 5) is 2.52. The average molecular weight is 575 g/mol. The van der Waals surface area contributed by atoms with E-state index in [1.165, 1.54) is 51.0 Å². The molecule has 7 heteroatoms. The molecule has 0 aliphatic carbocycles. The van der Waals surface area contributed by atoms with Crippen molar-refractivity contribution in [1.29, 1.82) is 5.26 Å². The Balaban J connectivity index is 1.62. The highest BCUT2D eigenvalue weighted by Crippen LogP contribution is 2.47. The molecule has 0 aliphatic heterocycles. The van der Waals surface area contributed by atoms with Gasteiger partial charge in [0.2, 0.25) is 0 Å². The molecule has 0 fully saturated rings. The first kappa shape index (κ1) is 28.8. The van der Waals surface area contributed by atoms with Gasteiger partial charge in [-0.1, -0.05) is 81.6 Å². The van der Waals surface area contributed by atoms with Gasteiger partial charge in [-0.3, -0.25) is 0 Å². The molecule has 0 N–H and O–H groups in total. The Hall–Kier alpha value is -2.69. The van der Waals surface area contributed by atoms with Crippen molar-refractivity contribution in [3.8, 4) is 16.5 Å². The first-order chi connectivity index (χ1) is 18.8. The van der Waals surface area contributed by atoms with Crippen molar-refractivity contribution in [2.75, 3.05) is 0 Å². The van der Waals surface area contributed by atoms with Crippen molar-refractivity contribution in [3.05, 3.63) is 34.2 Å². The Morgan fingerprint density at radius 2 is 1.55 bits per heavy atom. The van der Waals surface area contributed by atoms with Gasteiger partial charge in [-0.15, -0.1) is 22.7 Å². The highest BCUT2D eigenvalue weighted by atomic mass is 32.1. The molecular formula is C33H42N4OS2. The highest BCUT2D eigenvalue weighted by molar-refractivity contribution is 7.29. The molecule has 4 aromatic heterocycles. The van der Waals surface area contributed by atoms with Gasteiger partial charge < -0.3 is 4.57 Å². The van der Waals surface area contributed by atoms with E-state index in [2.05, 4.69) is 95.4 Å². The van der Waals surface area contributed by atoms with Crippen LogP contribution in [0.4, 0.5) is 0 Å². The van der Waals surface area contributed by atoms with Crippen LogP contribution in [-0.2, 0) is 17.4 Å². The second-order valence-corrected chi connectivity index (χ2v) is 16.0. The summed E-state index contributed by atoms with van der Waals surface area (Å²) in [6.45, 7) is 21.2. The monoisotopic (exact) mass is 574 g/mol. The lowest BCUT2D eigenvalue weighted by Crippen LogP contribution is -2.14. The first-order valence-corrected chi connectivity index (χ1v) is 16.2. The standard InChI is InChI=1S/C33H42N4OS2/c1-19(2)11-10-12-20(3)13-14-37-23-16-25(39-30(23)31-24(37)17-26(40-31)32(4,5)6)22-15-21(18-34)27(33(7,8)9)29-28(22)35-38-36-29/h15-17,19-20H,10-14H2,1-9H3. The molecule has 4 heterocycles. The Labute approximate surface area is 246 Å². The maximum absolute atomic E-state index is 10.1. The predicted octanol–water partition coefficient (Wildman–Crippen LogP) is 10.4. The summed E-state index contributed by atoms with van der Waals surface area (Å²) in [5.74, 6) is 1.46. The van der Waals surface area contributed by atoms with Gasteiger partial charge in [-0.2, -0.15) is 5.26 Å². The Morgan fingerprint density at radius 1 is 0.875 bits per heavy atom. The fourth-order valence-electron chi connectivity index (χ4n) is 5.71. The van der Waals surface area contributed by atoms with Crippen LogP contribution >= 0.6 is 22.7 Å². The lowest BCUT2D eigenvalue weighted by molar-refractivity contribution is 0.315. The average Bonchev–Trinajstić information content (AvgIpc) is 3.62. The number of benzene rings is 1. The van der Waals surface area contributed by atoms with E-state index in [-0.39, 0.29) is 10.8 Å². The van der Waals surface area contributed by atoms with Gasteiger partial charge in [0.1, 0.15) is 11.0 Å². The fraction of sp³-hybridized carbons (Fsp3) is 0.545. The predicted molar refractivity (Wildman–Crippen MR) is 171 cm³/mol. The van der Waals surface area contributed by atoms with Crippen molar-refractivity contribution in [2.24, 2.45) is 11.8 Å². The Kier molecular flexibility index (Phi) is 7.65. The molecule has 0 spiro atoms. The van der Waals surface area contributed by atoms with E-state index in [9.17, 15) is 5.26 Å². The molecule has 0 saturated heterocycles. The van der Waals surface area contributed by atoms with E-state index >= 15 is 0 Å². The van der Waals surface area contributed by atoms with Crippen LogP contribution in [0, 0.1) is 23.2 Å². The summed E-state index contributed by atoms with van der Waals surface area (Å²) >= 11 is 3.72. The molecule has 0 amide bonds. The maximum Gasteiger partial charge on any atom is 0.144 e. The molecule has 0 aliphatic rings. The number of nitrogens with zero attached hydrogens (tertiary/aromatic N) is 4. The molecule has 212 valence electrons. The summed E-state index contributed by atoms with van der Waals surface area (Å²) < 4.78 is 10.5. The maximum atomic E-state index is 10.1. The van der Waals surface area contributed by atoms with Gasteiger partial charge in [0.25, 0.3) is 0 Å². The molecule has 5 rings (SSSR count). The van der Waals surface area contributed by atoms with Gasteiger partial charge in [0, 0.05) is 27.4 Å². The van der Waals surface area contributed by atoms with E-state index in [4.69, 9.17) is 4.63 Å². The molecule has 5 aromatic rings. The van der Waals surface area contributed by atoms with E-state index in [1.54, 1.807) is 11.3 Å². The van der Waals surface area contributed by atoms with Crippen LogP contribution < -0.4 is 0 Å². The second-order valence-electron chi connectivity index (χ2n) is 13.9. The molecule has 1 atom stereocenters. The van der Waals surface area contributed by atoms with Crippen LogP contribution in [0.5, 0.6) is 0 Å². The lowest BCUT2D eigenvalue weighted by atomic mass is 9.82. The van der Waals surface area contributed by atoms with Gasteiger partial charge in [-0.05, 0) is 57.6 Å². The molecule has 0 bridgehead atoms. The first-order valence-electron chi connectivity index (χ1n) is 14.6. The minimum absolute atomic E-state index is 0.105. The van der Waals surface area contributed by atoms with E-state index in [0.717, 1.165) is 34.0 Å². The highest BCUT2D eigenvalue weighted by Gasteiger charge is 2.28. The summed E-state index contributed by atoms with van der Waals surface area (Å²) in [6, 6.07) is 9.14. The number of nitriles is 1. The quantitative estimate of drug-likeness (QED) is 0.185. The third kappa shape index (κ3) is 5.33. The molecule has 1 unspecified atom stereocenters. The topological polar surface area (TPSA) is 67.6 Å². The largest absolute Gasteiger partial charge is 0.339 e. The third-order valence-corrected chi connectivity index (χ3v) is 10.8. The van der Waals surface area contributed by atoms with Gasteiger partial charge in [0.15, 0.2) is 0 Å². The fourth-order valence-corrected chi connectivity index (χ4v) is 8.25. The summed E-state index contributed by atoms with van der Waals surface area (Å²) in [5, 5.41) is 18.7. The van der Waals surface area contributed by atoms with E-state index in [1.807, 2.05) is 17.4 Å². The van der Waals surface area contributed by atoms with Crippen molar-refractivity contribution >= 4 is 54.1 Å². The molecule has 40 heavy (non-hydrogen) atoms. The van der Waals surface area contributed by atoms with Gasteiger partial charge in [-0.25, -0.2) is 4.63 Å². The molecule has 0 saturated carbocycles. The summed E-state index contributed by atoms with van der Waals surface area (Å²) in [5.41, 5.74) is 6.36. The molecule has 1 aromatic carbocycles. The van der Waals surface area contributed by atoms with E-state index in [0.29, 0.717) is 17.0 Å². The van der Waals surface area contributed by atoms with Crippen molar-refractivity contribution in [2.45, 2.75) is 105 Å². The number of fused-ring (bicyclic) bond motifs is 4. The number of rotatable bonds is 8. The van der Waals surface area contributed by atoms with Crippen molar-refractivity contribution in [1.82, 2.24) is 14.9 Å². The van der Waals surface area contributed by atoms with Crippen LogP contribution in [0.3, 0.4) is 0 Å². The van der Waals surface area contributed by atoms with Crippen LogP contribution in [0.1, 0.15) is 104 Å². The second kappa shape index (κ2) is 10.6. The van der Waals surface area contributed by atoms with Gasteiger partial charge in [0.05, 0.1) is 32.1 Å². The van der Waals surface area contributed by atoms with Crippen molar-refractivity contribution < 1.29 is 4.63 Å². The summed E-state index contributed by atoms with van der Waals surface area (Å²) in [7, 11) is 0. The zero-order valence-corrected chi connectivity index (χ0v) is 27.1. The number of hydrogen-bond acceptors (Lipinski definition) is 6. The van der Waals surface area contributed by atoms with Crippen molar-refractivity contribution in [3.63, 3.8) is 0 Å². The number of hydrogen-bond donors (Lipinski definition) is 0. The molecular weight excluding hydrogens is 533 g/mol. The third-order valence-electron chi connectivity index (χ3n) is 7.95. The minimum Gasteiger partial charge on any atom is -0.339 e. The number of aromatic nitrogens is 3. The van der Waals surface area contributed by atoms with Crippen LogP contribution in [0.2, 0.25) is 0 Å². The van der Waals surface area contributed by atoms with Gasteiger partial charge >= 0.3 is 0 Å². The zero-order valence-electron chi connectivity index (χ0n) is 25.4. The Morgan fingerprint density at radius 3 is 2.20 bits per heavy atom. The summed E-state index contributed by atoms with van der Waals surface area (Å²) in [6.07, 6.45) is 5.06. The minimum atomic E-state index is -0.254. The normalized spacial score (nSPS) is 13.7. The van der Waals surface area contributed by atoms with Crippen LogP contribution in [0.15, 0.2) is 22.8 Å². The zero-order chi connectivity index (χ0) is 29.0. The molecule has 0 radical (unpaired) electrons. The number of thiophene rings is 2. The van der Waals surface area contributed by atoms with E-state index < -0.39 is 0 Å². The van der Waals surface area contributed by atoms with Crippen LogP contribution in [0.25, 0.3) is 41.9 Å². The Bertz CT molecular complexity index is 1710. The lowest BCUT2D eigenvalue weighted by Gasteiger charge is -2.21. The smallest absolute Gasteiger partial charge is 0.144 e. The molecule has 5 nitrogen and oxygen atoms in total. The number of aryl methyl sites for hydroxylation is 1. The SMILES string of the molecule is CC(C)CCCC(C)CCn1c2cc(-c3cc(C#N)c(C(C)(C)C)c4nonc34)sc2c2sc(C(C)(C)C)cc21. The van der Waals surface area contributed by atoms with Crippen LogP contribution in [-0.4, -0.2) is 14.9 Å².